The molecule has 0 N–H and O–H groups in total. The number of hydrogen-bond acceptors (Lipinski definition) is 0. The van der Waals surface area contributed by atoms with Crippen LogP contribution >= 0.6 is 11.6 Å². The fourth-order valence-electron chi connectivity index (χ4n) is 3.94. The van der Waals surface area contributed by atoms with Crippen molar-refractivity contribution >= 4 is 11.6 Å². The van der Waals surface area contributed by atoms with Crippen molar-refractivity contribution in [3.8, 4) is 0 Å². The van der Waals surface area contributed by atoms with Crippen LogP contribution in [0.4, 0.5) is 13.2 Å². The van der Waals surface area contributed by atoms with E-state index in [1.54, 1.807) is 12.1 Å². The van der Waals surface area contributed by atoms with E-state index in [4.69, 9.17) is 11.6 Å². The van der Waals surface area contributed by atoms with Gasteiger partial charge >= 0.3 is 6.18 Å². The summed E-state index contributed by atoms with van der Waals surface area (Å²) in [7, 11) is 0. The van der Waals surface area contributed by atoms with Crippen LogP contribution in [0.2, 0.25) is 5.02 Å². The molecule has 4 heteroatoms. The van der Waals surface area contributed by atoms with E-state index in [0.29, 0.717) is 5.56 Å². The quantitative estimate of drug-likeness (QED) is 0.583. The molecule has 1 fully saturated rings. The Bertz CT molecular complexity index is 487. The lowest BCUT2D eigenvalue weighted by molar-refractivity contribution is -0.152. The summed E-state index contributed by atoms with van der Waals surface area (Å²) in [6.45, 7) is 0. The molecule has 0 radical (unpaired) electrons. The second-order valence-corrected chi connectivity index (χ2v) is 6.25. The average Bonchev–Trinajstić information content (AvgIpc) is 2.67. The minimum atomic E-state index is -4.19. The summed E-state index contributed by atoms with van der Waals surface area (Å²) in [6, 6.07) is 5.23. The summed E-state index contributed by atoms with van der Waals surface area (Å²) in [6.07, 6.45) is 0.914. The second kappa shape index (κ2) is 4.41. The SMILES string of the molecule is FC(F)(F)C1CC2(CCCCC2)c2cccc(Cl)c21. The Morgan fingerprint density at radius 2 is 1.79 bits per heavy atom. The number of hydrogen-bond donors (Lipinski definition) is 0. The van der Waals surface area contributed by atoms with E-state index in [2.05, 4.69) is 0 Å². The van der Waals surface area contributed by atoms with Crippen molar-refractivity contribution in [2.75, 3.05) is 0 Å². The van der Waals surface area contributed by atoms with Crippen molar-refractivity contribution in [2.45, 2.75) is 56.0 Å². The lowest BCUT2D eigenvalue weighted by Crippen LogP contribution is -2.28. The van der Waals surface area contributed by atoms with Crippen LogP contribution in [0.25, 0.3) is 0 Å². The van der Waals surface area contributed by atoms with Gasteiger partial charge in [-0.15, -0.1) is 0 Å². The van der Waals surface area contributed by atoms with Gasteiger partial charge in [0.15, 0.2) is 0 Å². The first-order valence-corrected chi connectivity index (χ1v) is 7.17. The molecule has 1 aromatic carbocycles. The third-order valence-electron chi connectivity index (χ3n) is 4.77. The topological polar surface area (TPSA) is 0 Å². The second-order valence-electron chi connectivity index (χ2n) is 5.84. The van der Waals surface area contributed by atoms with E-state index in [1.165, 1.54) is 0 Å². The smallest absolute Gasteiger partial charge is 0.170 e. The van der Waals surface area contributed by atoms with E-state index in [1.807, 2.05) is 6.07 Å². The molecule has 104 valence electrons. The van der Waals surface area contributed by atoms with Crippen LogP contribution in [-0.4, -0.2) is 6.18 Å². The molecule has 0 saturated heterocycles. The number of halogens is 4. The molecule has 1 saturated carbocycles. The van der Waals surface area contributed by atoms with Gasteiger partial charge in [0, 0.05) is 5.02 Å². The molecule has 2 aliphatic carbocycles. The van der Waals surface area contributed by atoms with E-state index in [0.717, 1.165) is 37.7 Å². The van der Waals surface area contributed by atoms with Crippen molar-refractivity contribution in [1.29, 1.82) is 0 Å². The highest BCUT2D eigenvalue weighted by Gasteiger charge is 2.54. The maximum absolute atomic E-state index is 13.3. The van der Waals surface area contributed by atoms with Crippen LogP contribution in [-0.2, 0) is 5.41 Å². The average molecular weight is 289 g/mol. The summed E-state index contributed by atoms with van der Waals surface area (Å²) in [5.74, 6) is -1.38. The maximum atomic E-state index is 13.3. The van der Waals surface area contributed by atoms with Crippen LogP contribution in [0, 0.1) is 0 Å². The molecule has 1 unspecified atom stereocenters. The van der Waals surface area contributed by atoms with E-state index >= 15 is 0 Å². The summed E-state index contributed by atoms with van der Waals surface area (Å²) in [4.78, 5) is 0. The minimum absolute atomic E-state index is 0.190. The minimum Gasteiger partial charge on any atom is -0.170 e. The van der Waals surface area contributed by atoms with Gasteiger partial charge in [0.25, 0.3) is 0 Å². The number of benzene rings is 1. The Morgan fingerprint density at radius 1 is 1.11 bits per heavy atom. The molecule has 2 aliphatic rings. The highest BCUT2D eigenvalue weighted by molar-refractivity contribution is 6.31. The predicted octanol–water partition coefficient (Wildman–Crippen LogP) is 5.59. The third-order valence-corrected chi connectivity index (χ3v) is 5.10. The zero-order valence-electron chi connectivity index (χ0n) is 10.6. The van der Waals surface area contributed by atoms with Gasteiger partial charge in [-0.1, -0.05) is 43.0 Å². The molecule has 1 atom stereocenters. The third kappa shape index (κ3) is 2.06. The van der Waals surface area contributed by atoms with Gasteiger partial charge in [-0.3, -0.25) is 0 Å². The van der Waals surface area contributed by atoms with Crippen molar-refractivity contribution in [3.63, 3.8) is 0 Å². The van der Waals surface area contributed by atoms with Gasteiger partial charge in [0.1, 0.15) is 0 Å². The fourth-order valence-corrected chi connectivity index (χ4v) is 4.24. The molecule has 19 heavy (non-hydrogen) atoms. The van der Waals surface area contributed by atoms with E-state index in [-0.39, 0.29) is 16.9 Å². The predicted molar refractivity (Wildman–Crippen MR) is 69.6 cm³/mol. The molecule has 1 spiro atoms. The van der Waals surface area contributed by atoms with Gasteiger partial charge in [0.05, 0.1) is 5.92 Å². The Morgan fingerprint density at radius 3 is 2.42 bits per heavy atom. The first kappa shape index (κ1) is 13.3. The van der Waals surface area contributed by atoms with Gasteiger partial charge in [0.2, 0.25) is 0 Å². The van der Waals surface area contributed by atoms with Crippen molar-refractivity contribution in [3.05, 3.63) is 34.3 Å². The highest BCUT2D eigenvalue weighted by atomic mass is 35.5. The zero-order chi connectivity index (χ0) is 13.7. The fraction of sp³-hybridized carbons (Fsp3) is 0.600. The number of rotatable bonds is 0. The zero-order valence-corrected chi connectivity index (χ0v) is 11.3. The van der Waals surface area contributed by atoms with Crippen LogP contribution in [0.15, 0.2) is 18.2 Å². The Kier molecular flexibility index (Phi) is 3.08. The normalized spacial score (nSPS) is 25.6. The maximum Gasteiger partial charge on any atom is 0.395 e. The van der Waals surface area contributed by atoms with Gasteiger partial charge < -0.3 is 0 Å². The lowest BCUT2D eigenvalue weighted by atomic mass is 9.70. The monoisotopic (exact) mass is 288 g/mol. The van der Waals surface area contributed by atoms with Crippen LogP contribution in [0.1, 0.15) is 55.6 Å². The molecule has 0 heterocycles. The molecule has 0 aliphatic heterocycles. The Hall–Kier alpha value is -0.700. The molecular weight excluding hydrogens is 273 g/mol. The van der Waals surface area contributed by atoms with Crippen molar-refractivity contribution < 1.29 is 13.2 Å². The van der Waals surface area contributed by atoms with Crippen LogP contribution in [0.5, 0.6) is 0 Å². The van der Waals surface area contributed by atoms with E-state index < -0.39 is 12.1 Å². The van der Waals surface area contributed by atoms with E-state index in [9.17, 15) is 13.2 Å². The van der Waals surface area contributed by atoms with Crippen LogP contribution < -0.4 is 0 Å². The Balaban J connectivity index is 2.12. The number of fused-ring (bicyclic) bond motifs is 2. The Labute approximate surface area is 116 Å². The summed E-state index contributed by atoms with van der Waals surface area (Å²) in [5.41, 5.74) is 0.930. The molecule has 0 aromatic heterocycles. The van der Waals surface area contributed by atoms with Crippen molar-refractivity contribution in [1.82, 2.24) is 0 Å². The molecule has 1 aromatic rings. The molecular formula is C15H16ClF3. The standard InChI is InChI=1S/C15H16ClF3/c16-12-6-4-5-10-13(12)11(15(17,18)19)9-14(10)7-2-1-3-8-14/h4-6,11H,1-3,7-9H2. The highest BCUT2D eigenvalue weighted by Crippen LogP contribution is 2.59. The van der Waals surface area contributed by atoms with Gasteiger partial charge in [-0.25, -0.2) is 0 Å². The molecule has 0 bridgehead atoms. The van der Waals surface area contributed by atoms with Crippen molar-refractivity contribution in [2.24, 2.45) is 0 Å². The first-order chi connectivity index (χ1) is 8.94. The molecule has 0 nitrogen and oxygen atoms in total. The van der Waals surface area contributed by atoms with Gasteiger partial charge in [-0.2, -0.15) is 13.2 Å². The van der Waals surface area contributed by atoms with Gasteiger partial charge in [-0.05, 0) is 41.9 Å². The van der Waals surface area contributed by atoms with Crippen LogP contribution in [0.3, 0.4) is 0 Å². The molecule has 3 rings (SSSR count). The largest absolute Gasteiger partial charge is 0.395 e. The number of alkyl halides is 3. The molecule has 0 amide bonds. The summed E-state index contributed by atoms with van der Waals surface area (Å²) >= 11 is 6.07. The summed E-state index contributed by atoms with van der Waals surface area (Å²) < 4.78 is 39.9. The lowest BCUT2D eigenvalue weighted by Gasteiger charge is -2.35. The first-order valence-electron chi connectivity index (χ1n) is 6.80. The summed E-state index contributed by atoms with van der Waals surface area (Å²) in [5, 5.41) is 0.280.